The Morgan fingerprint density at radius 1 is 1.15 bits per heavy atom. The average molecular weight is 493 g/mol. The number of carbonyl (C=O) groups excluding carboxylic acids is 2. The maximum absolute atomic E-state index is 13.2. The summed E-state index contributed by atoms with van der Waals surface area (Å²) >= 11 is 0. The van der Waals surface area contributed by atoms with Crippen LogP contribution in [0.1, 0.15) is 22.3 Å². The van der Waals surface area contributed by atoms with E-state index in [1.807, 2.05) is 12.1 Å². The number of likely N-dealkylation sites (N-methyl/N-ethyl adjacent to an activating group) is 1. The molecule has 2 aliphatic heterocycles. The van der Waals surface area contributed by atoms with Crippen molar-refractivity contribution in [2.45, 2.75) is 23.8 Å². The van der Waals surface area contributed by atoms with Crippen LogP contribution in [0.15, 0.2) is 53.4 Å². The SMILES string of the molecule is CN(C(=O)COC(=O)c1cccc(S(=O)(=O)N2CCc3ccccc32)c1)C1CCS(=O)(=O)C1. The van der Waals surface area contributed by atoms with Crippen molar-refractivity contribution in [3.63, 3.8) is 0 Å². The summed E-state index contributed by atoms with van der Waals surface area (Å²) in [6.45, 7) is -0.254. The third kappa shape index (κ3) is 4.74. The number of fused-ring (bicyclic) bond motifs is 1. The van der Waals surface area contributed by atoms with Gasteiger partial charge in [-0.25, -0.2) is 21.6 Å². The molecule has 4 rings (SSSR count). The average Bonchev–Trinajstić information content (AvgIpc) is 3.40. The zero-order chi connectivity index (χ0) is 23.8. The van der Waals surface area contributed by atoms with Crippen LogP contribution in [0.3, 0.4) is 0 Å². The highest BCUT2D eigenvalue weighted by Gasteiger charge is 2.33. The van der Waals surface area contributed by atoms with Crippen LogP contribution in [0.25, 0.3) is 0 Å². The van der Waals surface area contributed by atoms with E-state index in [1.54, 1.807) is 12.1 Å². The molecule has 0 spiro atoms. The van der Waals surface area contributed by atoms with Crippen LogP contribution in [0.5, 0.6) is 0 Å². The fourth-order valence-electron chi connectivity index (χ4n) is 4.07. The van der Waals surface area contributed by atoms with Crippen LogP contribution in [0.4, 0.5) is 5.69 Å². The summed E-state index contributed by atoms with van der Waals surface area (Å²) in [5.41, 5.74) is 1.56. The first-order chi connectivity index (χ1) is 15.6. The van der Waals surface area contributed by atoms with Crippen LogP contribution < -0.4 is 4.31 Å². The largest absolute Gasteiger partial charge is 0.452 e. The molecule has 0 radical (unpaired) electrons. The number of esters is 1. The second-order valence-electron chi connectivity index (χ2n) is 8.12. The predicted molar refractivity (Wildman–Crippen MR) is 121 cm³/mol. The van der Waals surface area contributed by atoms with Crippen molar-refractivity contribution in [2.75, 3.05) is 36.0 Å². The van der Waals surface area contributed by atoms with Crippen LogP contribution in [0, 0.1) is 0 Å². The molecule has 0 N–H and O–H groups in total. The second kappa shape index (κ2) is 8.79. The van der Waals surface area contributed by atoms with Gasteiger partial charge in [-0.15, -0.1) is 0 Å². The van der Waals surface area contributed by atoms with Gasteiger partial charge in [0.2, 0.25) is 0 Å². The molecule has 2 aliphatic rings. The Balaban J connectivity index is 1.43. The van der Waals surface area contributed by atoms with Gasteiger partial charge in [0.1, 0.15) is 0 Å². The van der Waals surface area contributed by atoms with E-state index < -0.39 is 44.4 Å². The molecule has 1 amide bonds. The van der Waals surface area contributed by atoms with Crippen molar-refractivity contribution >= 4 is 37.4 Å². The van der Waals surface area contributed by atoms with Gasteiger partial charge in [0, 0.05) is 19.6 Å². The number of sulfone groups is 1. The lowest BCUT2D eigenvalue weighted by atomic mass is 10.2. The quantitative estimate of drug-likeness (QED) is 0.557. The highest BCUT2D eigenvalue weighted by Crippen LogP contribution is 2.32. The van der Waals surface area contributed by atoms with Crippen LogP contribution in [-0.2, 0) is 35.8 Å². The van der Waals surface area contributed by atoms with Crippen molar-refractivity contribution in [3.05, 3.63) is 59.7 Å². The Bertz CT molecular complexity index is 1310. The molecule has 0 aliphatic carbocycles. The van der Waals surface area contributed by atoms with Crippen LogP contribution >= 0.6 is 0 Å². The van der Waals surface area contributed by atoms with Crippen molar-refractivity contribution in [1.82, 2.24) is 4.90 Å². The molecule has 2 aromatic carbocycles. The lowest BCUT2D eigenvalue weighted by Gasteiger charge is -2.23. The minimum absolute atomic E-state index is 0.00227. The smallest absolute Gasteiger partial charge is 0.338 e. The number of sulfonamides is 1. The maximum atomic E-state index is 13.2. The van der Waals surface area contributed by atoms with E-state index >= 15 is 0 Å². The van der Waals surface area contributed by atoms with E-state index in [0.29, 0.717) is 25.1 Å². The summed E-state index contributed by atoms with van der Waals surface area (Å²) in [5.74, 6) is -1.45. The molecule has 1 atom stereocenters. The van der Waals surface area contributed by atoms with E-state index in [9.17, 15) is 26.4 Å². The van der Waals surface area contributed by atoms with Crippen LogP contribution in [-0.4, -0.2) is 71.4 Å². The summed E-state index contributed by atoms with van der Waals surface area (Å²) in [7, 11) is -5.56. The number of hydrogen-bond donors (Lipinski definition) is 0. The number of rotatable bonds is 6. The van der Waals surface area contributed by atoms with Gasteiger partial charge in [0.25, 0.3) is 15.9 Å². The first-order valence-corrected chi connectivity index (χ1v) is 13.7. The fraction of sp³-hybridized carbons (Fsp3) is 0.364. The Labute approximate surface area is 192 Å². The maximum Gasteiger partial charge on any atom is 0.338 e. The standard InChI is InChI=1S/C22H24N2O7S2/c1-23(18-10-12-32(27,28)15-18)21(25)14-31-22(26)17-6-4-7-19(13-17)33(29,30)24-11-9-16-5-2-3-8-20(16)24/h2-8,13,18H,9-12,14-15H2,1H3. The first kappa shape index (κ1) is 23.2. The molecule has 1 unspecified atom stereocenters. The van der Waals surface area contributed by atoms with Crippen molar-refractivity contribution in [2.24, 2.45) is 0 Å². The summed E-state index contributed by atoms with van der Waals surface area (Å²) in [6.07, 6.45) is 0.952. The molecule has 0 saturated carbocycles. The molecule has 11 heteroatoms. The number of ether oxygens (including phenoxy) is 1. The van der Waals surface area contributed by atoms with E-state index in [-0.39, 0.29) is 22.0 Å². The molecule has 33 heavy (non-hydrogen) atoms. The molecule has 2 heterocycles. The van der Waals surface area contributed by atoms with E-state index in [2.05, 4.69) is 0 Å². The molecule has 1 fully saturated rings. The number of amides is 1. The summed E-state index contributed by atoms with van der Waals surface area (Å²) < 4.78 is 56.0. The number of nitrogens with zero attached hydrogens (tertiary/aromatic N) is 2. The fourth-order valence-corrected chi connectivity index (χ4v) is 7.39. The Morgan fingerprint density at radius 2 is 1.91 bits per heavy atom. The highest BCUT2D eigenvalue weighted by molar-refractivity contribution is 7.93. The molecule has 9 nitrogen and oxygen atoms in total. The van der Waals surface area contributed by atoms with Crippen molar-refractivity contribution in [3.8, 4) is 0 Å². The molecule has 1 saturated heterocycles. The second-order valence-corrected chi connectivity index (χ2v) is 12.2. The number of carbonyl (C=O) groups is 2. The molecular formula is C22H24N2O7S2. The van der Waals surface area contributed by atoms with Gasteiger partial charge in [0.15, 0.2) is 16.4 Å². The Morgan fingerprint density at radius 3 is 2.64 bits per heavy atom. The summed E-state index contributed by atoms with van der Waals surface area (Å²) in [5, 5.41) is 0. The molecule has 176 valence electrons. The van der Waals surface area contributed by atoms with Gasteiger partial charge in [0.05, 0.1) is 27.7 Å². The Hall–Kier alpha value is -2.92. The van der Waals surface area contributed by atoms with Gasteiger partial charge in [-0.2, -0.15) is 0 Å². The van der Waals surface area contributed by atoms with E-state index in [0.717, 1.165) is 5.56 Å². The monoisotopic (exact) mass is 492 g/mol. The van der Waals surface area contributed by atoms with Gasteiger partial charge >= 0.3 is 5.97 Å². The van der Waals surface area contributed by atoms with E-state index in [4.69, 9.17) is 4.74 Å². The number of benzene rings is 2. The molecule has 0 bridgehead atoms. The number of anilines is 1. The van der Waals surface area contributed by atoms with Gasteiger partial charge in [-0.3, -0.25) is 9.10 Å². The first-order valence-electron chi connectivity index (χ1n) is 10.4. The van der Waals surface area contributed by atoms with E-state index in [1.165, 1.54) is 40.5 Å². The lowest BCUT2D eigenvalue weighted by Crippen LogP contribution is -2.40. The minimum Gasteiger partial charge on any atom is -0.452 e. The topological polar surface area (TPSA) is 118 Å². The zero-order valence-electron chi connectivity index (χ0n) is 18.0. The molecular weight excluding hydrogens is 468 g/mol. The van der Waals surface area contributed by atoms with Crippen molar-refractivity contribution < 1.29 is 31.2 Å². The minimum atomic E-state index is -3.88. The third-order valence-corrected chi connectivity index (χ3v) is 9.54. The van der Waals surface area contributed by atoms with Gasteiger partial charge < -0.3 is 9.64 Å². The number of hydrogen-bond acceptors (Lipinski definition) is 7. The molecule has 2 aromatic rings. The Kier molecular flexibility index (Phi) is 6.19. The lowest BCUT2D eigenvalue weighted by molar-refractivity contribution is -0.134. The summed E-state index contributed by atoms with van der Waals surface area (Å²) in [6, 6.07) is 12.3. The van der Waals surface area contributed by atoms with Gasteiger partial charge in [-0.1, -0.05) is 24.3 Å². The summed E-state index contributed by atoms with van der Waals surface area (Å²) in [4.78, 5) is 26.1. The van der Waals surface area contributed by atoms with Gasteiger partial charge in [-0.05, 0) is 42.7 Å². The van der Waals surface area contributed by atoms with Crippen molar-refractivity contribution in [1.29, 1.82) is 0 Å². The predicted octanol–water partition coefficient (Wildman–Crippen LogP) is 1.24. The molecule has 0 aromatic heterocycles. The number of para-hydroxylation sites is 1. The normalized spacial score (nSPS) is 19.2. The zero-order valence-corrected chi connectivity index (χ0v) is 19.6. The van der Waals surface area contributed by atoms with Crippen LogP contribution in [0.2, 0.25) is 0 Å². The highest BCUT2D eigenvalue weighted by atomic mass is 32.2. The third-order valence-electron chi connectivity index (χ3n) is 5.98.